The molecule has 0 aromatic heterocycles. The average molecular weight is 391 g/mol. The molecule has 2 rings (SSSR count). The molecule has 6 heteroatoms. The molecule has 27 heavy (non-hydrogen) atoms. The Morgan fingerprint density at radius 1 is 1.07 bits per heavy atom. The van der Waals surface area contributed by atoms with Crippen LogP contribution in [0.25, 0.3) is 0 Å². The van der Waals surface area contributed by atoms with Crippen molar-refractivity contribution >= 4 is 23.4 Å². The number of nitrogens with zero attached hydrogens (tertiary/aromatic N) is 1. The summed E-state index contributed by atoms with van der Waals surface area (Å²) in [5.41, 5.74) is 1.52. The molecule has 144 valence electrons. The topological polar surface area (TPSA) is 49.4 Å². The molecule has 0 aliphatic heterocycles. The van der Waals surface area contributed by atoms with Crippen LogP contribution in [0.3, 0.4) is 0 Å². The van der Waals surface area contributed by atoms with E-state index in [0.29, 0.717) is 10.6 Å². The molecule has 0 saturated carbocycles. The van der Waals surface area contributed by atoms with E-state index in [9.17, 15) is 14.0 Å². The minimum Gasteiger partial charge on any atom is -0.352 e. The summed E-state index contributed by atoms with van der Waals surface area (Å²) in [6.45, 7) is 5.69. The second-order valence-corrected chi connectivity index (χ2v) is 7.23. The van der Waals surface area contributed by atoms with Crippen molar-refractivity contribution in [2.75, 3.05) is 0 Å². The fourth-order valence-electron chi connectivity index (χ4n) is 2.70. The average Bonchev–Trinajstić information content (AvgIpc) is 2.60. The van der Waals surface area contributed by atoms with E-state index in [-0.39, 0.29) is 36.6 Å². The minimum absolute atomic E-state index is 0.0276. The fourth-order valence-corrected chi connectivity index (χ4v) is 2.91. The number of benzene rings is 2. The van der Waals surface area contributed by atoms with Crippen LogP contribution in [-0.4, -0.2) is 28.8 Å². The van der Waals surface area contributed by atoms with E-state index >= 15 is 0 Å². The van der Waals surface area contributed by atoms with Gasteiger partial charge < -0.3 is 10.2 Å². The second-order valence-electron chi connectivity index (χ2n) is 6.79. The molecule has 2 aromatic rings. The van der Waals surface area contributed by atoms with Crippen molar-refractivity contribution in [3.05, 3.63) is 70.5 Å². The molecule has 2 aromatic carbocycles. The first-order valence-corrected chi connectivity index (χ1v) is 9.23. The fraction of sp³-hybridized carbons (Fsp3) is 0.333. The van der Waals surface area contributed by atoms with Crippen LogP contribution in [0, 0.1) is 5.82 Å². The molecule has 1 atom stereocenters. The Balaban J connectivity index is 2.22. The first-order chi connectivity index (χ1) is 12.8. The largest absolute Gasteiger partial charge is 0.352 e. The van der Waals surface area contributed by atoms with Gasteiger partial charge in [-0.2, -0.15) is 0 Å². The van der Waals surface area contributed by atoms with Gasteiger partial charge in [0, 0.05) is 17.6 Å². The molecule has 0 bridgehead atoms. The quantitative estimate of drug-likeness (QED) is 0.777. The van der Waals surface area contributed by atoms with Crippen molar-refractivity contribution in [1.29, 1.82) is 0 Å². The number of carbonyl (C=O) groups is 2. The van der Waals surface area contributed by atoms with Crippen molar-refractivity contribution in [2.24, 2.45) is 0 Å². The van der Waals surface area contributed by atoms with Gasteiger partial charge in [0.15, 0.2) is 0 Å². The van der Waals surface area contributed by atoms with E-state index in [4.69, 9.17) is 11.6 Å². The van der Waals surface area contributed by atoms with Gasteiger partial charge in [0.2, 0.25) is 11.8 Å². The zero-order valence-electron chi connectivity index (χ0n) is 15.7. The van der Waals surface area contributed by atoms with Crippen molar-refractivity contribution < 1.29 is 14.0 Å². The Morgan fingerprint density at radius 2 is 1.74 bits per heavy atom. The zero-order chi connectivity index (χ0) is 20.0. The molecule has 0 aliphatic carbocycles. The van der Waals surface area contributed by atoms with Gasteiger partial charge in [0.1, 0.15) is 11.9 Å². The van der Waals surface area contributed by atoms with E-state index in [0.717, 1.165) is 5.56 Å². The van der Waals surface area contributed by atoms with Crippen LogP contribution in [0.1, 0.15) is 31.9 Å². The molecule has 1 unspecified atom stereocenters. The summed E-state index contributed by atoms with van der Waals surface area (Å²) in [5.74, 6) is -0.792. The lowest BCUT2D eigenvalue weighted by Gasteiger charge is -2.29. The highest BCUT2D eigenvalue weighted by atomic mass is 35.5. The molecular weight excluding hydrogens is 367 g/mol. The maximum Gasteiger partial charge on any atom is 0.242 e. The van der Waals surface area contributed by atoms with E-state index in [1.807, 2.05) is 19.9 Å². The Labute approximate surface area is 164 Å². The van der Waals surface area contributed by atoms with Crippen LogP contribution in [-0.2, 0) is 22.6 Å². The summed E-state index contributed by atoms with van der Waals surface area (Å²) in [7, 11) is 0. The first kappa shape index (κ1) is 20.9. The smallest absolute Gasteiger partial charge is 0.242 e. The van der Waals surface area contributed by atoms with E-state index < -0.39 is 6.04 Å². The maximum absolute atomic E-state index is 13.1. The van der Waals surface area contributed by atoms with Crippen molar-refractivity contribution in [3.63, 3.8) is 0 Å². The van der Waals surface area contributed by atoms with Gasteiger partial charge >= 0.3 is 0 Å². The van der Waals surface area contributed by atoms with Crippen LogP contribution in [0.2, 0.25) is 5.02 Å². The Hall–Kier alpha value is -2.40. The van der Waals surface area contributed by atoms with Crippen LogP contribution < -0.4 is 5.32 Å². The standard InChI is InChI=1S/C21H24ClFN2O2/c1-14(2)24-21(27)15(3)25(13-17-5-4-6-18(22)11-17)20(26)12-16-7-9-19(23)10-8-16/h4-11,14-15H,12-13H2,1-3H3,(H,24,27). The maximum atomic E-state index is 13.1. The van der Waals surface area contributed by atoms with Crippen molar-refractivity contribution in [2.45, 2.75) is 45.8 Å². The zero-order valence-corrected chi connectivity index (χ0v) is 16.5. The molecule has 0 aliphatic rings. The molecule has 0 spiro atoms. The summed E-state index contributed by atoms with van der Waals surface area (Å²) in [6, 6.07) is 12.3. The Bertz CT molecular complexity index is 793. The lowest BCUT2D eigenvalue weighted by molar-refractivity contribution is -0.140. The lowest BCUT2D eigenvalue weighted by Crippen LogP contribution is -2.49. The van der Waals surface area contributed by atoms with Gasteiger partial charge in [-0.1, -0.05) is 35.9 Å². The SMILES string of the molecule is CC(C)NC(=O)C(C)N(Cc1cccc(Cl)c1)C(=O)Cc1ccc(F)cc1. The number of hydrogen-bond donors (Lipinski definition) is 1. The van der Waals surface area contributed by atoms with E-state index in [1.165, 1.54) is 17.0 Å². The number of carbonyl (C=O) groups excluding carboxylic acids is 2. The third-order valence-electron chi connectivity index (χ3n) is 4.11. The first-order valence-electron chi connectivity index (χ1n) is 8.85. The monoisotopic (exact) mass is 390 g/mol. The lowest BCUT2D eigenvalue weighted by atomic mass is 10.1. The molecule has 0 radical (unpaired) electrons. The molecule has 0 heterocycles. The van der Waals surface area contributed by atoms with Crippen molar-refractivity contribution in [1.82, 2.24) is 10.2 Å². The highest BCUT2D eigenvalue weighted by Gasteiger charge is 2.26. The minimum atomic E-state index is -0.653. The van der Waals surface area contributed by atoms with Crippen LogP contribution in [0.15, 0.2) is 48.5 Å². The predicted molar refractivity (Wildman–Crippen MR) is 105 cm³/mol. The molecule has 2 amide bonds. The number of halogens is 2. The number of nitrogens with one attached hydrogen (secondary N) is 1. The number of hydrogen-bond acceptors (Lipinski definition) is 2. The summed E-state index contributed by atoms with van der Waals surface area (Å²) < 4.78 is 13.1. The summed E-state index contributed by atoms with van der Waals surface area (Å²) in [6.07, 6.45) is 0.0835. The summed E-state index contributed by atoms with van der Waals surface area (Å²) >= 11 is 6.05. The van der Waals surface area contributed by atoms with Gasteiger partial charge in [-0.25, -0.2) is 4.39 Å². The van der Waals surface area contributed by atoms with Gasteiger partial charge in [0.25, 0.3) is 0 Å². The molecule has 1 N–H and O–H groups in total. The Kier molecular flexibility index (Phi) is 7.36. The highest BCUT2D eigenvalue weighted by Crippen LogP contribution is 2.16. The van der Waals surface area contributed by atoms with Crippen molar-refractivity contribution in [3.8, 4) is 0 Å². The van der Waals surface area contributed by atoms with Crippen LogP contribution >= 0.6 is 11.6 Å². The summed E-state index contributed by atoms with van der Waals surface area (Å²) in [4.78, 5) is 26.9. The number of amides is 2. The molecular formula is C21H24ClFN2O2. The Morgan fingerprint density at radius 3 is 2.33 bits per heavy atom. The third kappa shape index (κ3) is 6.36. The highest BCUT2D eigenvalue weighted by molar-refractivity contribution is 6.30. The van der Waals surface area contributed by atoms with Gasteiger partial charge in [0.05, 0.1) is 6.42 Å². The predicted octanol–water partition coefficient (Wildman–Crippen LogP) is 3.96. The van der Waals surface area contributed by atoms with E-state index in [2.05, 4.69) is 5.32 Å². The number of rotatable bonds is 7. The third-order valence-corrected chi connectivity index (χ3v) is 4.34. The molecule has 0 fully saturated rings. The molecule has 0 saturated heterocycles. The van der Waals surface area contributed by atoms with Gasteiger partial charge in [-0.05, 0) is 56.2 Å². The van der Waals surface area contributed by atoms with Gasteiger partial charge in [-0.3, -0.25) is 9.59 Å². The van der Waals surface area contributed by atoms with Crippen LogP contribution in [0.4, 0.5) is 4.39 Å². The summed E-state index contributed by atoms with van der Waals surface area (Å²) in [5, 5.41) is 3.41. The second kappa shape index (κ2) is 9.51. The van der Waals surface area contributed by atoms with Crippen LogP contribution in [0.5, 0.6) is 0 Å². The normalized spacial score (nSPS) is 11.9. The van der Waals surface area contributed by atoms with Gasteiger partial charge in [-0.15, -0.1) is 0 Å². The van der Waals surface area contributed by atoms with E-state index in [1.54, 1.807) is 37.3 Å². The molecule has 4 nitrogen and oxygen atoms in total.